The second-order valence-corrected chi connectivity index (χ2v) is 13.2. The van der Waals surface area contributed by atoms with Gasteiger partial charge in [0.2, 0.25) is 0 Å². The molecule has 2 N–H and O–H groups in total. The molecular formula is C30H55KO16S2. The molecule has 1 aromatic rings. The Morgan fingerprint density at radius 3 is 0.898 bits per heavy atom. The standard InChI is InChI=1S/C30H54O16S2.K.H/c31-47(32,33)27-5-3-9-37-11-13-39-15-17-41-19-21-43-23-25-45-29-7-1-2-8-30(29)46-26-24-44-22-20-42-18-16-40-14-12-38-10-4-6-28-48(34,35)36;;/h1-2,7-8H,3-6,9-28H2,(H,31,32,33)(H,34,35,36);;. The Labute approximate surface area is 334 Å². The number of rotatable bonds is 36. The van der Waals surface area contributed by atoms with Gasteiger partial charge in [-0.2, -0.15) is 16.8 Å². The van der Waals surface area contributed by atoms with E-state index in [-0.39, 0.29) is 62.9 Å². The van der Waals surface area contributed by atoms with Gasteiger partial charge in [-0.3, -0.25) is 9.11 Å². The normalized spacial score (nSPS) is 11.8. The van der Waals surface area contributed by atoms with Crippen LogP contribution in [0, 0.1) is 0 Å². The zero-order valence-corrected chi connectivity index (χ0v) is 29.3. The monoisotopic (exact) mass is 774 g/mol. The minimum absolute atomic E-state index is 0. The molecule has 16 nitrogen and oxygen atoms in total. The number of ether oxygens (including phenoxy) is 10. The summed E-state index contributed by atoms with van der Waals surface area (Å²) in [5, 5.41) is 0. The van der Waals surface area contributed by atoms with Gasteiger partial charge in [-0.05, 0) is 37.8 Å². The second-order valence-electron chi connectivity index (χ2n) is 10.0. The fraction of sp³-hybridized carbons (Fsp3) is 0.800. The van der Waals surface area contributed by atoms with Crippen molar-refractivity contribution in [2.45, 2.75) is 25.7 Å². The van der Waals surface area contributed by atoms with Gasteiger partial charge in [0.1, 0.15) is 13.2 Å². The topological polar surface area (TPSA) is 201 Å². The van der Waals surface area contributed by atoms with Crippen molar-refractivity contribution in [2.24, 2.45) is 0 Å². The molecule has 0 radical (unpaired) electrons. The van der Waals surface area contributed by atoms with E-state index in [0.717, 1.165) is 0 Å². The summed E-state index contributed by atoms with van der Waals surface area (Å²) in [7, 11) is -7.81. The Kier molecular flexibility index (Phi) is 33.7. The van der Waals surface area contributed by atoms with E-state index in [2.05, 4.69) is 0 Å². The molecule has 19 heteroatoms. The Morgan fingerprint density at radius 1 is 0.388 bits per heavy atom. The first-order valence-electron chi connectivity index (χ1n) is 16.0. The van der Waals surface area contributed by atoms with Gasteiger partial charge < -0.3 is 47.4 Å². The molecular weight excluding hydrogens is 720 g/mol. The third-order valence-electron chi connectivity index (χ3n) is 5.93. The van der Waals surface area contributed by atoms with E-state index in [0.29, 0.717) is 156 Å². The predicted molar refractivity (Wildman–Crippen MR) is 182 cm³/mol. The van der Waals surface area contributed by atoms with Gasteiger partial charge in [-0.1, -0.05) is 12.1 Å². The van der Waals surface area contributed by atoms with E-state index < -0.39 is 20.2 Å². The Bertz CT molecular complexity index is 1010. The fourth-order valence-electron chi connectivity index (χ4n) is 3.61. The predicted octanol–water partition coefficient (Wildman–Crippen LogP) is 1.26. The molecule has 0 saturated carbocycles. The van der Waals surface area contributed by atoms with Gasteiger partial charge in [-0.15, -0.1) is 0 Å². The summed E-state index contributed by atoms with van der Waals surface area (Å²) in [6.07, 6.45) is 1.82. The molecule has 284 valence electrons. The molecule has 0 aromatic heterocycles. The van der Waals surface area contributed by atoms with Crippen LogP contribution in [-0.2, 0) is 58.1 Å². The molecule has 0 saturated heterocycles. The quantitative estimate of drug-likeness (QED) is 0.0560. The van der Waals surface area contributed by atoms with Gasteiger partial charge in [0.05, 0.1) is 104 Å². The zero-order chi connectivity index (χ0) is 35.0. The van der Waals surface area contributed by atoms with Crippen molar-refractivity contribution in [3.8, 4) is 11.5 Å². The summed E-state index contributed by atoms with van der Waals surface area (Å²) in [6.45, 7) is 7.33. The van der Waals surface area contributed by atoms with Gasteiger partial charge >= 0.3 is 51.4 Å². The van der Waals surface area contributed by atoms with E-state index in [1.807, 2.05) is 24.3 Å². The van der Waals surface area contributed by atoms with Crippen molar-refractivity contribution in [3.05, 3.63) is 24.3 Å². The van der Waals surface area contributed by atoms with E-state index >= 15 is 0 Å². The molecule has 0 aliphatic heterocycles. The average molecular weight is 775 g/mol. The second kappa shape index (κ2) is 33.8. The van der Waals surface area contributed by atoms with E-state index in [1.54, 1.807) is 0 Å². The van der Waals surface area contributed by atoms with E-state index in [1.165, 1.54) is 0 Å². The number of hydrogen-bond acceptors (Lipinski definition) is 14. The van der Waals surface area contributed by atoms with Crippen LogP contribution in [0.2, 0.25) is 0 Å². The third-order valence-corrected chi connectivity index (χ3v) is 7.54. The Morgan fingerprint density at radius 2 is 0.633 bits per heavy atom. The van der Waals surface area contributed by atoms with Gasteiger partial charge in [0, 0.05) is 13.2 Å². The molecule has 0 aliphatic rings. The Balaban J connectivity index is 0.0000230. The van der Waals surface area contributed by atoms with Crippen LogP contribution in [0.5, 0.6) is 11.5 Å². The van der Waals surface area contributed by atoms with Crippen molar-refractivity contribution in [1.29, 1.82) is 0 Å². The molecule has 0 spiro atoms. The molecule has 0 atom stereocenters. The van der Waals surface area contributed by atoms with Crippen LogP contribution in [-0.4, -0.2) is 208 Å². The number of hydrogen-bond donors (Lipinski definition) is 2. The van der Waals surface area contributed by atoms with Crippen LogP contribution < -0.4 is 9.47 Å². The fourth-order valence-corrected chi connectivity index (χ4v) is 4.75. The number of para-hydroxylation sites is 2. The summed E-state index contributed by atoms with van der Waals surface area (Å²) in [4.78, 5) is 0. The van der Waals surface area contributed by atoms with Crippen molar-refractivity contribution in [1.82, 2.24) is 0 Å². The molecule has 1 rings (SSSR count). The minimum atomic E-state index is -3.90. The molecule has 0 unspecified atom stereocenters. The SMILES string of the molecule is O=S(=O)(O)CCCCOCCOCCOCCOCCOc1ccccc1OCCOCCOCCOCCOCCCCS(=O)(=O)O.[KH]. The summed E-state index contributed by atoms with van der Waals surface area (Å²) < 4.78 is 115. The van der Waals surface area contributed by atoms with Crippen molar-refractivity contribution < 1.29 is 73.3 Å². The summed E-state index contributed by atoms with van der Waals surface area (Å²) in [5.74, 6) is 0.719. The van der Waals surface area contributed by atoms with Crippen molar-refractivity contribution in [2.75, 3.05) is 130 Å². The first-order chi connectivity index (χ1) is 23.2. The molecule has 0 amide bonds. The van der Waals surface area contributed by atoms with E-state index in [9.17, 15) is 16.8 Å². The molecule has 0 bridgehead atoms. The third kappa shape index (κ3) is 36.1. The van der Waals surface area contributed by atoms with Crippen molar-refractivity contribution >= 4 is 71.6 Å². The van der Waals surface area contributed by atoms with Crippen LogP contribution >= 0.6 is 0 Å². The van der Waals surface area contributed by atoms with Crippen LogP contribution in [0.1, 0.15) is 25.7 Å². The maximum atomic E-state index is 10.6. The van der Waals surface area contributed by atoms with E-state index in [4.69, 9.17) is 56.5 Å². The number of benzene rings is 1. The molecule has 0 fully saturated rings. The number of unbranched alkanes of at least 4 members (excludes halogenated alkanes) is 2. The van der Waals surface area contributed by atoms with Gasteiger partial charge in [-0.25, -0.2) is 0 Å². The van der Waals surface area contributed by atoms with Crippen LogP contribution in [0.15, 0.2) is 24.3 Å². The molecule has 0 heterocycles. The van der Waals surface area contributed by atoms with Crippen LogP contribution in [0.3, 0.4) is 0 Å². The molecule has 0 aliphatic carbocycles. The summed E-state index contributed by atoms with van der Waals surface area (Å²) >= 11 is 0. The Hall–Kier alpha value is -0.0436. The van der Waals surface area contributed by atoms with Gasteiger partial charge in [0.15, 0.2) is 11.5 Å². The summed E-state index contributed by atoms with van der Waals surface area (Å²) in [6, 6.07) is 7.37. The maximum absolute atomic E-state index is 10.6. The van der Waals surface area contributed by atoms with Crippen LogP contribution in [0.4, 0.5) is 0 Å². The van der Waals surface area contributed by atoms with Crippen LogP contribution in [0.25, 0.3) is 0 Å². The average Bonchev–Trinajstić information content (AvgIpc) is 3.03. The molecule has 1 aromatic carbocycles. The molecule has 49 heavy (non-hydrogen) atoms. The van der Waals surface area contributed by atoms with Crippen molar-refractivity contribution in [3.63, 3.8) is 0 Å². The first-order valence-corrected chi connectivity index (χ1v) is 19.3. The zero-order valence-electron chi connectivity index (χ0n) is 27.7. The van der Waals surface area contributed by atoms with Gasteiger partial charge in [0.25, 0.3) is 20.2 Å². The summed E-state index contributed by atoms with van der Waals surface area (Å²) in [5.41, 5.74) is 0. The first kappa shape index (κ1) is 49.0.